The largest absolute Gasteiger partial charge is 0.468 e. The molecule has 0 saturated carbocycles. The number of hydrogen-bond donors (Lipinski definition) is 1. The summed E-state index contributed by atoms with van der Waals surface area (Å²) in [4.78, 5) is 1.34. The number of methoxy groups -OCH3 is 2. The molecule has 35 heavy (non-hydrogen) atoms. The fraction of sp³-hybridized carbons (Fsp3) is 0.586. The van der Waals surface area contributed by atoms with Crippen LogP contribution in [0.5, 0.6) is 11.5 Å². The quantitative estimate of drug-likeness (QED) is 0.200. The molecule has 3 rings (SSSR count). The van der Waals surface area contributed by atoms with Crippen LogP contribution in [0, 0.1) is 0 Å². The maximum absolute atomic E-state index is 5.72. The summed E-state index contributed by atoms with van der Waals surface area (Å²) in [6.45, 7) is 3.78. The molecule has 0 fully saturated rings. The van der Waals surface area contributed by atoms with Gasteiger partial charge in [-0.05, 0) is 60.7 Å². The third-order valence-electron chi connectivity index (χ3n) is 7.05. The lowest BCUT2D eigenvalue weighted by Crippen LogP contribution is -2.36. The fourth-order valence-corrected chi connectivity index (χ4v) is 6.41. The number of unbranched alkanes of at least 4 members (excludes halogenated alkanes) is 6. The maximum atomic E-state index is 5.72. The van der Waals surface area contributed by atoms with Gasteiger partial charge in [0.2, 0.25) is 0 Å². The van der Waals surface area contributed by atoms with Crippen LogP contribution in [0.15, 0.2) is 47.4 Å². The van der Waals surface area contributed by atoms with Gasteiger partial charge in [0, 0.05) is 30.3 Å². The van der Waals surface area contributed by atoms with Gasteiger partial charge < -0.3 is 24.7 Å². The van der Waals surface area contributed by atoms with Crippen LogP contribution < -0.4 is 15.2 Å². The van der Waals surface area contributed by atoms with Crippen molar-refractivity contribution in [1.29, 1.82) is 0 Å². The van der Waals surface area contributed by atoms with Gasteiger partial charge in [-0.25, -0.2) is 0 Å². The van der Waals surface area contributed by atoms with E-state index in [9.17, 15) is 0 Å². The third-order valence-corrected chi connectivity index (χ3v) is 8.46. The van der Waals surface area contributed by atoms with E-state index < -0.39 is 0 Å². The summed E-state index contributed by atoms with van der Waals surface area (Å²) >= 11 is 1.93. The van der Waals surface area contributed by atoms with E-state index >= 15 is 0 Å². The second-order valence-corrected chi connectivity index (χ2v) is 10.7. The molecule has 2 aromatic rings. The highest BCUT2D eigenvalue weighted by atomic mass is 32.2. The Balaban J connectivity index is 1.74. The van der Waals surface area contributed by atoms with Crippen LogP contribution in [0.2, 0.25) is 0 Å². The molecule has 0 bridgehead atoms. The minimum absolute atomic E-state index is 0.0491. The highest BCUT2D eigenvalue weighted by Crippen LogP contribution is 2.52. The third kappa shape index (κ3) is 7.88. The van der Waals surface area contributed by atoms with Crippen molar-refractivity contribution in [3.05, 3.63) is 53.6 Å². The average molecular weight is 502 g/mol. The molecule has 2 atom stereocenters. The normalized spacial score (nSPS) is 19.4. The molecular formula is C29H43NO4S. The Bertz CT molecular complexity index is 875. The van der Waals surface area contributed by atoms with Gasteiger partial charge in [-0.15, -0.1) is 11.8 Å². The van der Waals surface area contributed by atoms with E-state index in [4.69, 9.17) is 24.7 Å². The van der Waals surface area contributed by atoms with Gasteiger partial charge in [-0.3, -0.25) is 0 Å². The lowest BCUT2D eigenvalue weighted by atomic mass is 9.68. The van der Waals surface area contributed by atoms with Crippen molar-refractivity contribution in [3.8, 4) is 11.5 Å². The van der Waals surface area contributed by atoms with Crippen LogP contribution in [-0.4, -0.2) is 40.1 Å². The van der Waals surface area contributed by atoms with Gasteiger partial charge in [-0.2, -0.15) is 0 Å². The lowest BCUT2D eigenvalue weighted by Gasteiger charge is -2.43. The molecule has 0 spiro atoms. The van der Waals surface area contributed by atoms with Gasteiger partial charge in [-0.1, -0.05) is 63.6 Å². The average Bonchev–Trinajstić information content (AvgIpc) is 2.89. The first-order chi connectivity index (χ1) is 17.1. The topological polar surface area (TPSA) is 62.9 Å². The molecule has 2 aromatic carbocycles. The predicted octanol–water partition coefficient (Wildman–Crippen LogP) is 6.88. The first kappa shape index (κ1) is 27.9. The number of hydrogen-bond acceptors (Lipinski definition) is 6. The molecule has 0 aliphatic carbocycles. The van der Waals surface area contributed by atoms with E-state index in [2.05, 4.69) is 49.4 Å². The summed E-state index contributed by atoms with van der Waals surface area (Å²) in [7, 11) is 3.29. The number of benzene rings is 2. The summed E-state index contributed by atoms with van der Waals surface area (Å²) < 4.78 is 21.5. The van der Waals surface area contributed by atoms with Crippen LogP contribution in [-0.2, 0) is 14.9 Å². The van der Waals surface area contributed by atoms with Crippen molar-refractivity contribution in [1.82, 2.24) is 0 Å². The van der Waals surface area contributed by atoms with Crippen molar-refractivity contribution in [2.24, 2.45) is 5.73 Å². The van der Waals surface area contributed by atoms with Crippen LogP contribution >= 0.6 is 11.8 Å². The van der Waals surface area contributed by atoms with Crippen molar-refractivity contribution in [2.45, 2.75) is 74.5 Å². The van der Waals surface area contributed by atoms with E-state index in [1.165, 1.54) is 61.0 Å². The summed E-state index contributed by atoms with van der Waals surface area (Å²) in [6, 6.07) is 15.2. The summed E-state index contributed by atoms with van der Waals surface area (Å²) in [5, 5.41) is 0. The second-order valence-electron chi connectivity index (χ2n) is 9.64. The fourth-order valence-electron chi connectivity index (χ4n) is 5.01. The number of fused-ring (bicyclic) bond motifs is 1. The minimum Gasteiger partial charge on any atom is -0.468 e. The molecule has 2 N–H and O–H groups in total. The predicted molar refractivity (Wildman–Crippen MR) is 145 cm³/mol. The number of rotatable bonds is 16. The molecule has 5 nitrogen and oxygen atoms in total. The van der Waals surface area contributed by atoms with E-state index in [1.807, 2.05) is 11.8 Å². The molecule has 0 radical (unpaired) electrons. The van der Waals surface area contributed by atoms with Crippen molar-refractivity contribution < 1.29 is 18.9 Å². The first-order valence-electron chi connectivity index (χ1n) is 12.9. The zero-order chi connectivity index (χ0) is 24.9. The maximum Gasteiger partial charge on any atom is 0.188 e. The Kier molecular flexibility index (Phi) is 11.7. The first-order valence-corrected chi connectivity index (χ1v) is 13.9. The minimum atomic E-state index is 0.0491. The molecule has 1 aliphatic rings. The van der Waals surface area contributed by atoms with E-state index in [-0.39, 0.29) is 19.0 Å². The second kappa shape index (κ2) is 14.7. The van der Waals surface area contributed by atoms with E-state index in [0.717, 1.165) is 30.2 Å². The highest BCUT2D eigenvalue weighted by molar-refractivity contribution is 7.99. The molecule has 2 unspecified atom stereocenters. The molecule has 0 saturated heterocycles. The van der Waals surface area contributed by atoms with E-state index in [0.29, 0.717) is 5.92 Å². The molecule has 0 aromatic heterocycles. The monoisotopic (exact) mass is 501 g/mol. The smallest absolute Gasteiger partial charge is 0.188 e. The lowest BCUT2D eigenvalue weighted by molar-refractivity contribution is 0.0508. The zero-order valence-electron chi connectivity index (χ0n) is 21.7. The van der Waals surface area contributed by atoms with Gasteiger partial charge in [0.15, 0.2) is 13.6 Å². The van der Waals surface area contributed by atoms with Gasteiger partial charge in [0.05, 0.1) is 0 Å². The van der Waals surface area contributed by atoms with Gasteiger partial charge in [0.1, 0.15) is 11.5 Å². The summed E-state index contributed by atoms with van der Waals surface area (Å²) in [5.74, 6) is 3.21. The van der Waals surface area contributed by atoms with Crippen molar-refractivity contribution in [2.75, 3.05) is 40.1 Å². The van der Waals surface area contributed by atoms with E-state index in [1.54, 1.807) is 14.2 Å². The molecule has 1 heterocycles. The Morgan fingerprint density at radius 1 is 0.829 bits per heavy atom. The summed E-state index contributed by atoms with van der Waals surface area (Å²) in [6.07, 6.45) is 10.1. The molecular weight excluding hydrogens is 458 g/mol. The van der Waals surface area contributed by atoms with Crippen LogP contribution in [0.4, 0.5) is 0 Å². The van der Waals surface area contributed by atoms with Crippen molar-refractivity contribution >= 4 is 11.8 Å². The van der Waals surface area contributed by atoms with Crippen molar-refractivity contribution in [3.63, 3.8) is 0 Å². The number of nitrogens with two attached hydrogens (primary N) is 1. The number of ether oxygens (including phenoxy) is 4. The van der Waals surface area contributed by atoms with Gasteiger partial charge in [0.25, 0.3) is 0 Å². The molecule has 194 valence electrons. The highest BCUT2D eigenvalue weighted by Gasteiger charge is 2.41. The zero-order valence-corrected chi connectivity index (χ0v) is 22.5. The molecule has 1 aliphatic heterocycles. The van der Waals surface area contributed by atoms with Crippen LogP contribution in [0.1, 0.15) is 75.3 Å². The van der Waals surface area contributed by atoms with Gasteiger partial charge >= 0.3 is 0 Å². The van der Waals surface area contributed by atoms with Crippen LogP contribution in [0.25, 0.3) is 0 Å². The SMILES string of the molecule is COCOc1ccc(C2(C)CSc3cc(OCOC)ccc3C2CCCCCCCCCN)cc1. The Labute approximate surface area is 216 Å². The Morgan fingerprint density at radius 2 is 1.43 bits per heavy atom. The molecule has 0 amide bonds. The van der Waals surface area contributed by atoms with Crippen LogP contribution in [0.3, 0.4) is 0 Å². The molecule has 6 heteroatoms. The summed E-state index contributed by atoms with van der Waals surface area (Å²) in [5.41, 5.74) is 8.48. The Hall–Kier alpha value is -1.73. The standard InChI is InChI=1S/C29H43NO4S/c1-29(23-12-14-24(15-13-23)33-21-31-2)20-35-28-19-25(34-22-32-3)16-17-26(28)27(29)11-9-7-5-4-6-8-10-18-30/h12-17,19,27H,4-11,18,20-22,30H2,1-3H3. The number of thioether (sulfide) groups is 1. The Morgan fingerprint density at radius 3 is 2.09 bits per heavy atom.